The smallest absolute Gasteiger partial charge is 0.340 e. The van der Waals surface area contributed by atoms with Crippen LogP contribution in [-0.2, 0) is 9.53 Å². The van der Waals surface area contributed by atoms with Crippen LogP contribution in [0.25, 0.3) is 11.1 Å². The summed E-state index contributed by atoms with van der Waals surface area (Å²) in [5, 5.41) is 0.294. The molecule has 0 N–H and O–H groups in total. The Hall–Kier alpha value is -2.33. The molecule has 0 saturated carbocycles. The summed E-state index contributed by atoms with van der Waals surface area (Å²) in [6.45, 7) is -0.308. The Morgan fingerprint density at radius 3 is 2.36 bits per heavy atom. The van der Waals surface area contributed by atoms with Gasteiger partial charge in [0, 0.05) is 14.1 Å². The molecule has 0 saturated heterocycles. The standard InChI is InChI=1S/C17H16ClNO3/c1-19(2)16(20)11-22-17(21)14-10-13(8-9-15(14)18)12-6-4-3-5-7-12/h3-10H,11H2,1-2H3. The molecule has 4 nitrogen and oxygen atoms in total. The zero-order valence-electron chi connectivity index (χ0n) is 12.4. The molecule has 5 heteroatoms. The van der Waals surface area contributed by atoms with Gasteiger partial charge in [-0.3, -0.25) is 4.79 Å². The zero-order valence-corrected chi connectivity index (χ0v) is 13.1. The van der Waals surface area contributed by atoms with Crippen molar-refractivity contribution < 1.29 is 14.3 Å². The quantitative estimate of drug-likeness (QED) is 0.813. The number of likely N-dealkylation sites (N-methyl/N-ethyl adjacent to an activating group) is 1. The van der Waals surface area contributed by atoms with E-state index < -0.39 is 5.97 Å². The van der Waals surface area contributed by atoms with Crippen molar-refractivity contribution in [2.75, 3.05) is 20.7 Å². The molecule has 0 fully saturated rings. The van der Waals surface area contributed by atoms with Crippen LogP contribution < -0.4 is 0 Å². The second-order valence-electron chi connectivity index (χ2n) is 4.92. The van der Waals surface area contributed by atoms with Crippen molar-refractivity contribution >= 4 is 23.5 Å². The van der Waals surface area contributed by atoms with Gasteiger partial charge in [0.1, 0.15) is 0 Å². The lowest BCUT2D eigenvalue weighted by atomic mass is 10.0. The van der Waals surface area contributed by atoms with E-state index in [0.29, 0.717) is 5.02 Å². The molecule has 0 aliphatic rings. The second-order valence-corrected chi connectivity index (χ2v) is 5.33. The van der Waals surface area contributed by atoms with Gasteiger partial charge >= 0.3 is 5.97 Å². The van der Waals surface area contributed by atoms with Crippen LogP contribution in [0, 0.1) is 0 Å². The third kappa shape index (κ3) is 3.86. The summed E-state index contributed by atoms with van der Waals surface area (Å²) in [6, 6.07) is 14.8. The van der Waals surface area contributed by atoms with Crippen LogP contribution in [0.2, 0.25) is 5.02 Å². The molecule has 0 heterocycles. The highest BCUT2D eigenvalue weighted by atomic mass is 35.5. The summed E-state index contributed by atoms with van der Waals surface area (Å²) in [7, 11) is 3.19. The van der Waals surface area contributed by atoms with E-state index in [2.05, 4.69) is 0 Å². The van der Waals surface area contributed by atoms with Crippen molar-refractivity contribution in [3.63, 3.8) is 0 Å². The molecular weight excluding hydrogens is 302 g/mol. The molecule has 0 bridgehead atoms. The Morgan fingerprint density at radius 2 is 1.73 bits per heavy atom. The topological polar surface area (TPSA) is 46.6 Å². The van der Waals surface area contributed by atoms with Gasteiger partial charge in [0.15, 0.2) is 6.61 Å². The molecule has 2 aromatic rings. The van der Waals surface area contributed by atoms with Crippen LogP contribution in [0.15, 0.2) is 48.5 Å². The monoisotopic (exact) mass is 317 g/mol. The number of esters is 1. The SMILES string of the molecule is CN(C)C(=O)COC(=O)c1cc(-c2ccccc2)ccc1Cl. The number of carbonyl (C=O) groups excluding carboxylic acids is 2. The Bertz CT molecular complexity index is 684. The lowest BCUT2D eigenvalue weighted by molar-refractivity contribution is -0.131. The molecule has 2 aromatic carbocycles. The predicted octanol–water partition coefficient (Wildman–Crippen LogP) is 3.25. The first-order valence-electron chi connectivity index (χ1n) is 6.71. The number of carbonyl (C=O) groups is 2. The van der Waals surface area contributed by atoms with E-state index in [1.165, 1.54) is 4.90 Å². The number of benzene rings is 2. The first-order valence-corrected chi connectivity index (χ1v) is 7.09. The molecule has 114 valence electrons. The van der Waals surface area contributed by atoms with Crippen molar-refractivity contribution in [2.45, 2.75) is 0 Å². The Balaban J connectivity index is 2.20. The number of halogens is 1. The fraction of sp³-hybridized carbons (Fsp3) is 0.176. The molecule has 0 aliphatic carbocycles. The largest absolute Gasteiger partial charge is 0.452 e. The summed E-state index contributed by atoms with van der Waals surface area (Å²) >= 11 is 6.06. The van der Waals surface area contributed by atoms with Crippen molar-refractivity contribution in [2.24, 2.45) is 0 Å². The molecule has 22 heavy (non-hydrogen) atoms. The Morgan fingerprint density at radius 1 is 1.05 bits per heavy atom. The zero-order chi connectivity index (χ0) is 16.1. The number of hydrogen-bond donors (Lipinski definition) is 0. The average molecular weight is 318 g/mol. The lowest BCUT2D eigenvalue weighted by Crippen LogP contribution is -2.27. The fourth-order valence-electron chi connectivity index (χ4n) is 1.83. The highest BCUT2D eigenvalue weighted by Gasteiger charge is 2.15. The fourth-order valence-corrected chi connectivity index (χ4v) is 2.02. The van der Waals surface area contributed by atoms with E-state index >= 15 is 0 Å². The van der Waals surface area contributed by atoms with Crippen LogP contribution in [0.4, 0.5) is 0 Å². The molecule has 0 unspecified atom stereocenters. The summed E-state index contributed by atoms with van der Waals surface area (Å²) in [6.07, 6.45) is 0. The molecule has 1 amide bonds. The highest BCUT2D eigenvalue weighted by Crippen LogP contribution is 2.25. The lowest BCUT2D eigenvalue weighted by Gasteiger charge is -2.11. The van der Waals surface area contributed by atoms with Crippen LogP contribution in [0.3, 0.4) is 0 Å². The number of rotatable bonds is 4. The van der Waals surface area contributed by atoms with Crippen LogP contribution in [0.1, 0.15) is 10.4 Å². The van der Waals surface area contributed by atoms with E-state index in [1.54, 1.807) is 26.2 Å². The van der Waals surface area contributed by atoms with E-state index in [9.17, 15) is 9.59 Å². The first-order chi connectivity index (χ1) is 10.5. The average Bonchev–Trinajstić information content (AvgIpc) is 2.53. The van der Waals surface area contributed by atoms with Gasteiger partial charge in [-0.15, -0.1) is 0 Å². The maximum Gasteiger partial charge on any atom is 0.340 e. The molecule has 0 aliphatic heterocycles. The summed E-state index contributed by atoms with van der Waals surface area (Å²) in [5.74, 6) is -0.901. The van der Waals surface area contributed by atoms with Crippen LogP contribution >= 0.6 is 11.6 Å². The molecule has 0 aromatic heterocycles. The van der Waals surface area contributed by atoms with E-state index in [1.807, 2.05) is 36.4 Å². The van der Waals surface area contributed by atoms with Gasteiger partial charge < -0.3 is 9.64 Å². The third-order valence-corrected chi connectivity index (χ3v) is 3.45. The van der Waals surface area contributed by atoms with Gasteiger partial charge in [0.25, 0.3) is 5.91 Å². The minimum atomic E-state index is -0.613. The normalized spacial score (nSPS) is 10.1. The molecule has 2 rings (SSSR count). The van der Waals surface area contributed by atoms with Gasteiger partial charge in [-0.2, -0.15) is 0 Å². The van der Waals surface area contributed by atoms with Gasteiger partial charge in [-0.05, 0) is 23.3 Å². The number of amides is 1. The van der Waals surface area contributed by atoms with Crippen molar-refractivity contribution in [3.8, 4) is 11.1 Å². The van der Waals surface area contributed by atoms with E-state index in [0.717, 1.165) is 11.1 Å². The van der Waals surface area contributed by atoms with Crippen molar-refractivity contribution in [3.05, 3.63) is 59.1 Å². The van der Waals surface area contributed by atoms with Gasteiger partial charge in [0.2, 0.25) is 0 Å². The van der Waals surface area contributed by atoms with Gasteiger partial charge in [0.05, 0.1) is 10.6 Å². The van der Waals surface area contributed by atoms with Crippen LogP contribution in [-0.4, -0.2) is 37.5 Å². The maximum absolute atomic E-state index is 12.1. The molecule has 0 spiro atoms. The van der Waals surface area contributed by atoms with Crippen LogP contribution in [0.5, 0.6) is 0 Å². The van der Waals surface area contributed by atoms with E-state index in [-0.39, 0.29) is 18.1 Å². The minimum Gasteiger partial charge on any atom is -0.452 e. The van der Waals surface area contributed by atoms with Crippen molar-refractivity contribution in [1.29, 1.82) is 0 Å². The molecule has 0 radical (unpaired) electrons. The van der Waals surface area contributed by atoms with Crippen molar-refractivity contribution in [1.82, 2.24) is 4.90 Å². The van der Waals surface area contributed by atoms with Gasteiger partial charge in [-0.1, -0.05) is 48.0 Å². The Kier molecular flexibility index (Phi) is 5.17. The number of hydrogen-bond acceptors (Lipinski definition) is 3. The summed E-state index contributed by atoms with van der Waals surface area (Å²) in [4.78, 5) is 24.9. The van der Waals surface area contributed by atoms with Gasteiger partial charge in [-0.25, -0.2) is 4.79 Å². The Labute approximate surface area is 134 Å². The number of nitrogens with zero attached hydrogens (tertiary/aromatic N) is 1. The highest BCUT2D eigenvalue weighted by molar-refractivity contribution is 6.33. The van der Waals surface area contributed by atoms with E-state index in [4.69, 9.17) is 16.3 Å². The molecular formula is C17H16ClNO3. The second kappa shape index (κ2) is 7.09. The summed E-state index contributed by atoms with van der Waals surface area (Å²) < 4.78 is 5.01. The first kappa shape index (κ1) is 16.0. The number of ether oxygens (including phenoxy) is 1. The third-order valence-electron chi connectivity index (χ3n) is 3.12. The maximum atomic E-state index is 12.1. The predicted molar refractivity (Wildman–Crippen MR) is 85.9 cm³/mol. The molecule has 0 atom stereocenters. The minimum absolute atomic E-state index is 0.245. The summed E-state index contributed by atoms with van der Waals surface area (Å²) in [5.41, 5.74) is 2.07.